The Morgan fingerprint density at radius 3 is 2.35 bits per heavy atom. The molecule has 0 bridgehead atoms. The smallest absolute Gasteiger partial charge is 0.244 e. The van der Waals surface area contributed by atoms with E-state index in [0.29, 0.717) is 23.1 Å². The second kappa shape index (κ2) is 9.65. The molecule has 9 heteroatoms. The van der Waals surface area contributed by atoms with Crippen LogP contribution in [0.25, 0.3) is 10.2 Å². The number of hydrogen-bond acceptors (Lipinski definition) is 6. The van der Waals surface area contributed by atoms with Crippen LogP contribution in [0.5, 0.6) is 0 Å². The fourth-order valence-corrected chi connectivity index (χ4v) is 5.53. The zero-order valence-corrected chi connectivity index (χ0v) is 20.4. The number of rotatable bonds is 8. The minimum absolute atomic E-state index is 0.0778. The highest BCUT2D eigenvalue weighted by atomic mass is 35.5. The van der Waals surface area contributed by atoms with Crippen LogP contribution < -0.4 is 4.90 Å². The van der Waals surface area contributed by atoms with Gasteiger partial charge in [0, 0.05) is 11.6 Å². The van der Waals surface area contributed by atoms with Gasteiger partial charge in [0.1, 0.15) is 5.75 Å². The Hall–Kier alpha value is -2.00. The maximum Gasteiger partial charge on any atom is 0.244 e. The SMILES string of the molecule is Cc1cc2nc(N(CCCN(C)C)C(=O)CS(=O)(=O)c3ccc(Cl)cc3)sc2cc1C. The van der Waals surface area contributed by atoms with Gasteiger partial charge in [0.2, 0.25) is 5.91 Å². The van der Waals surface area contributed by atoms with Crippen LogP contribution in [0.2, 0.25) is 5.02 Å². The third-order valence-corrected chi connectivity index (χ3v) is 7.91. The number of thiazole rings is 1. The average molecular weight is 480 g/mol. The minimum Gasteiger partial charge on any atom is -0.309 e. The molecule has 0 radical (unpaired) electrons. The maximum absolute atomic E-state index is 13.2. The molecule has 31 heavy (non-hydrogen) atoms. The first-order valence-electron chi connectivity index (χ1n) is 9.88. The van der Waals surface area contributed by atoms with Crippen molar-refractivity contribution in [1.29, 1.82) is 0 Å². The number of anilines is 1. The molecule has 0 atom stereocenters. The van der Waals surface area contributed by atoms with E-state index in [-0.39, 0.29) is 4.90 Å². The second-order valence-electron chi connectivity index (χ2n) is 7.82. The van der Waals surface area contributed by atoms with E-state index in [2.05, 4.69) is 11.1 Å². The van der Waals surface area contributed by atoms with E-state index in [0.717, 1.165) is 27.9 Å². The van der Waals surface area contributed by atoms with Gasteiger partial charge in [-0.1, -0.05) is 22.9 Å². The topological polar surface area (TPSA) is 70.6 Å². The Morgan fingerprint density at radius 2 is 1.71 bits per heavy atom. The van der Waals surface area contributed by atoms with Crippen molar-refractivity contribution < 1.29 is 13.2 Å². The highest BCUT2D eigenvalue weighted by Crippen LogP contribution is 2.31. The second-order valence-corrected chi connectivity index (χ2v) is 11.3. The van der Waals surface area contributed by atoms with Crippen molar-refractivity contribution in [2.75, 3.05) is 37.8 Å². The number of sulfone groups is 1. The predicted octanol–water partition coefficient (Wildman–Crippen LogP) is 4.33. The Morgan fingerprint density at radius 1 is 1.06 bits per heavy atom. The lowest BCUT2D eigenvalue weighted by Gasteiger charge is -2.21. The summed E-state index contributed by atoms with van der Waals surface area (Å²) in [6.45, 7) is 5.22. The Kier molecular flexibility index (Phi) is 7.36. The number of amides is 1. The molecule has 3 aromatic rings. The van der Waals surface area contributed by atoms with Gasteiger partial charge in [-0.2, -0.15) is 0 Å². The van der Waals surface area contributed by atoms with Crippen molar-refractivity contribution in [2.24, 2.45) is 0 Å². The summed E-state index contributed by atoms with van der Waals surface area (Å²) in [4.78, 5) is 21.4. The molecule has 1 amide bonds. The molecule has 0 saturated carbocycles. The van der Waals surface area contributed by atoms with Crippen LogP contribution in [-0.4, -0.2) is 57.1 Å². The number of nitrogens with zero attached hydrogens (tertiary/aromatic N) is 3. The largest absolute Gasteiger partial charge is 0.309 e. The van der Waals surface area contributed by atoms with Gasteiger partial charge < -0.3 is 4.90 Å². The first-order valence-corrected chi connectivity index (χ1v) is 12.7. The molecule has 6 nitrogen and oxygen atoms in total. The normalized spacial score (nSPS) is 11.9. The molecule has 3 rings (SSSR count). The van der Waals surface area contributed by atoms with E-state index in [1.54, 1.807) is 0 Å². The minimum atomic E-state index is -3.80. The fourth-order valence-electron chi connectivity index (χ4n) is 3.12. The lowest BCUT2D eigenvalue weighted by molar-refractivity contribution is -0.116. The molecular formula is C22H26ClN3O3S2. The summed E-state index contributed by atoms with van der Waals surface area (Å²) in [5.74, 6) is -1.11. The number of fused-ring (bicyclic) bond motifs is 1. The molecule has 1 heterocycles. The maximum atomic E-state index is 13.2. The van der Waals surface area contributed by atoms with Crippen LogP contribution in [0.1, 0.15) is 17.5 Å². The standard InChI is InChI=1S/C22H26ClN3O3S2/c1-15-12-19-20(13-16(15)2)30-22(24-19)26(11-5-10-25(3)4)21(27)14-31(28,29)18-8-6-17(23)7-9-18/h6-9,12-13H,5,10-11,14H2,1-4H3. The van der Waals surface area contributed by atoms with Crippen molar-refractivity contribution in [3.8, 4) is 0 Å². The molecular weight excluding hydrogens is 454 g/mol. The highest BCUT2D eigenvalue weighted by Gasteiger charge is 2.26. The van der Waals surface area contributed by atoms with E-state index in [1.807, 2.05) is 38.9 Å². The zero-order valence-electron chi connectivity index (χ0n) is 18.1. The number of benzene rings is 2. The Balaban J connectivity index is 1.90. The number of halogens is 1. The zero-order chi connectivity index (χ0) is 22.8. The van der Waals surface area contributed by atoms with E-state index < -0.39 is 21.5 Å². The molecule has 0 aliphatic heterocycles. The summed E-state index contributed by atoms with van der Waals surface area (Å²) < 4.78 is 26.6. The number of carbonyl (C=O) groups excluding carboxylic acids is 1. The average Bonchev–Trinajstić information content (AvgIpc) is 3.07. The summed E-state index contributed by atoms with van der Waals surface area (Å²) in [5, 5.41) is 0.964. The molecule has 0 aliphatic rings. The Bertz CT molecular complexity index is 1150. The molecule has 0 aliphatic carbocycles. The van der Waals surface area contributed by atoms with Crippen molar-refractivity contribution in [3.05, 3.63) is 52.5 Å². The highest BCUT2D eigenvalue weighted by molar-refractivity contribution is 7.92. The third kappa shape index (κ3) is 5.83. The van der Waals surface area contributed by atoms with Gasteiger partial charge in [-0.25, -0.2) is 13.4 Å². The molecule has 0 spiro atoms. The van der Waals surface area contributed by atoms with Gasteiger partial charge >= 0.3 is 0 Å². The first-order chi connectivity index (χ1) is 14.6. The fraction of sp³-hybridized carbons (Fsp3) is 0.364. The van der Waals surface area contributed by atoms with Crippen LogP contribution in [0.3, 0.4) is 0 Å². The lowest BCUT2D eigenvalue weighted by atomic mass is 10.1. The summed E-state index contributed by atoms with van der Waals surface area (Å²) in [7, 11) is 0.120. The van der Waals surface area contributed by atoms with E-state index >= 15 is 0 Å². The lowest BCUT2D eigenvalue weighted by Crippen LogP contribution is -2.37. The van der Waals surface area contributed by atoms with Gasteiger partial charge in [0.05, 0.1) is 15.1 Å². The van der Waals surface area contributed by atoms with Crippen molar-refractivity contribution in [1.82, 2.24) is 9.88 Å². The van der Waals surface area contributed by atoms with Crippen molar-refractivity contribution in [2.45, 2.75) is 25.2 Å². The van der Waals surface area contributed by atoms with Gasteiger partial charge in [0.25, 0.3) is 0 Å². The predicted molar refractivity (Wildman–Crippen MR) is 128 cm³/mol. The van der Waals surface area contributed by atoms with Crippen LogP contribution in [-0.2, 0) is 14.6 Å². The molecule has 2 aromatic carbocycles. The first kappa shape index (κ1) is 23.7. The number of hydrogen-bond donors (Lipinski definition) is 0. The van der Waals surface area contributed by atoms with E-state index in [9.17, 15) is 13.2 Å². The monoisotopic (exact) mass is 479 g/mol. The van der Waals surface area contributed by atoms with E-state index in [1.165, 1.54) is 40.5 Å². The molecule has 0 fully saturated rings. The number of aryl methyl sites for hydroxylation is 2. The van der Waals surface area contributed by atoms with Gasteiger partial charge in [-0.15, -0.1) is 0 Å². The summed E-state index contributed by atoms with van der Waals surface area (Å²) in [6.07, 6.45) is 0.702. The quantitative estimate of drug-likeness (QED) is 0.481. The number of aromatic nitrogens is 1. The molecule has 0 N–H and O–H groups in total. The van der Waals surface area contributed by atoms with Gasteiger partial charge in [-0.3, -0.25) is 9.69 Å². The summed E-state index contributed by atoms with van der Waals surface area (Å²) >= 11 is 7.27. The Labute approximate surface area is 192 Å². The van der Waals surface area contributed by atoms with Gasteiger partial charge in [-0.05, 0) is 88.4 Å². The molecule has 0 unspecified atom stereocenters. The van der Waals surface area contributed by atoms with Crippen LogP contribution >= 0.6 is 22.9 Å². The van der Waals surface area contributed by atoms with Crippen molar-refractivity contribution >= 4 is 54.0 Å². The van der Waals surface area contributed by atoms with Crippen LogP contribution in [0.4, 0.5) is 5.13 Å². The van der Waals surface area contributed by atoms with Crippen molar-refractivity contribution in [3.63, 3.8) is 0 Å². The molecule has 0 saturated heterocycles. The van der Waals surface area contributed by atoms with Crippen LogP contribution in [0.15, 0.2) is 41.3 Å². The molecule has 1 aromatic heterocycles. The van der Waals surface area contributed by atoms with E-state index in [4.69, 9.17) is 11.6 Å². The van der Waals surface area contributed by atoms with Crippen LogP contribution in [0, 0.1) is 13.8 Å². The summed E-state index contributed by atoms with van der Waals surface area (Å²) in [6, 6.07) is 9.91. The molecule has 166 valence electrons. The third-order valence-electron chi connectivity index (χ3n) is 5.00. The summed E-state index contributed by atoms with van der Waals surface area (Å²) in [5.41, 5.74) is 3.09. The number of carbonyl (C=O) groups is 1. The van der Waals surface area contributed by atoms with Gasteiger partial charge in [0.15, 0.2) is 15.0 Å².